The van der Waals surface area contributed by atoms with Gasteiger partial charge in [0.05, 0.1) is 40.0 Å². The van der Waals surface area contributed by atoms with Crippen LogP contribution in [-0.4, -0.2) is 64.8 Å². The van der Waals surface area contributed by atoms with Gasteiger partial charge in [-0.25, -0.2) is 9.97 Å². The summed E-state index contributed by atoms with van der Waals surface area (Å²) in [5.41, 5.74) is 3.95. The van der Waals surface area contributed by atoms with Crippen molar-refractivity contribution in [3.05, 3.63) is 47.3 Å². The van der Waals surface area contributed by atoms with Gasteiger partial charge in [-0.05, 0) is 50.0 Å². The minimum absolute atomic E-state index is 0.00253. The van der Waals surface area contributed by atoms with Gasteiger partial charge >= 0.3 is 0 Å². The molecule has 0 aliphatic carbocycles. The van der Waals surface area contributed by atoms with Gasteiger partial charge in [0.1, 0.15) is 11.9 Å². The Labute approximate surface area is 208 Å². The minimum atomic E-state index is 0.00253. The molecule has 1 fully saturated rings. The number of carbonyl (C=O) groups is 1. The summed E-state index contributed by atoms with van der Waals surface area (Å²) in [7, 11) is 1.59. The van der Waals surface area contributed by atoms with Gasteiger partial charge in [0.25, 0.3) is 0 Å². The first-order valence-electron chi connectivity index (χ1n) is 11.7. The maximum Gasteiger partial charge on any atom is 0.235 e. The van der Waals surface area contributed by atoms with Crippen LogP contribution in [0.2, 0.25) is 0 Å². The molecule has 180 valence electrons. The Morgan fingerprint density at radius 1 is 1.31 bits per heavy atom. The standard InChI is InChI=1S/C25H27N7O2S/c1-34-23-5-3-20-24(31-23)19(17(10-26)12-28-20)7-9-32-8-6-16(14-32)11-27-13-18-2-4-21-25(29-18)30-22(33)15-35-21/h2-5,12,16,27H,6-9,11,13-15H2,1H3,(H,29,30,33)/t16-/m1/s1. The zero-order valence-corrected chi connectivity index (χ0v) is 20.4. The number of nitrogens with zero attached hydrogens (tertiary/aromatic N) is 5. The molecule has 2 aliphatic heterocycles. The van der Waals surface area contributed by atoms with Gasteiger partial charge < -0.3 is 20.3 Å². The van der Waals surface area contributed by atoms with Crippen molar-refractivity contribution < 1.29 is 9.53 Å². The molecule has 0 unspecified atom stereocenters. The Morgan fingerprint density at radius 3 is 3.09 bits per heavy atom. The number of methoxy groups -OCH3 is 1. The number of nitriles is 1. The molecule has 0 bridgehead atoms. The van der Waals surface area contributed by atoms with Gasteiger partial charge in [0.15, 0.2) is 0 Å². The van der Waals surface area contributed by atoms with Crippen LogP contribution >= 0.6 is 11.8 Å². The number of rotatable bonds is 8. The molecule has 5 heterocycles. The van der Waals surface area contributed by atoms with Crippen molar-refractivity contribution in [2.24, 2.45) is 5.92 Å². The monoisotopic (exact) mass is 489 g/mol. The molecule has 3 aromatic heterocycles. The lowest BCUT2D eigenvalue weighted by atomic mass is 10.0. The fraction of sp³-hybridized carbons (Fsp3) is 0.400. The smallest absolute Gasteiger partial charge is 0.235 e. The lowest BCUT2D eigenvalue weighted by Crippen LogP contribution is -2.28. The number of thioether (sulfide) groups is 1. The molecule has 1 saturated heterocycles. The SMILES string of the molecule is COc1ccc2ncc(C#N)c(CCN3CC[C@H](CNCc4ccc5c(n4)NC(=O)CS5)C3)c2n1. The van der Waals surface area contributed by atoms with Gasteiger partial charge in [-0.2, -0.15) is 5.26 Å². The van der Waals surface area contributed by atoms with E-state index in [0.717, 1.165) is 66.2 Å². The molecule has 0 radical (unpaired) electrons. The summed E-state index contributed by atoms with van der Waals surface area (Å²) in [6.07, 6.45) is 3.51. The van der Waals surface area contributed by atoms with Gasteiger partial charge in [-0.15, -0.1) is 11.8 Å². The molecule has 1 amide bonds. The molecule has 35 heavy (non-hydrogen) atoms. The van der Waals surface area contributed by atoms with E-state index in [0.29, 0.717) is 35.5 Å². The van der Waals surface area contributed by atoms with Crippen molar-refractivity contribution in [2.75, 3.05) is 44.4 Å². The number of anilines is 1. The van der Waals surface area contributed by atoms with Crippen molar-refractivity contribution in [2.45, 2.75) is 24.3 Å². The van der Waals surface area contributed by atoms with Gasteiger partial charge in [0, 0.05) is 37.5 Å². The summed E-state index contributed by atoms with van der Waals surface area (Å²) in [6.45, 7) is 4.50. The summed E-state index contributed by atoms with van der Waals surface area (Å²) in [5, 5.41) is 16.0. The van der Waals surface area contributed by atoms with Gasteiger partial charge in [0.2, 0.25) is 11.8 Å². The van der Waals surface area contributed by atoms with E-state index in [1.807, 2.05) is 18.2 Å². The Bertz CT molecular complexity index is 1290. The number of carbonyl (C=O) groups excluding carboxylic acids is 1. The van der Waals surface area contributed by atoms with E-state index in [9.17, 15) is 10.1 Å². The van der Waals surface area contributed by atoms with Crippen molar-refractivity contribution in [1.82, 2.24) is 25.2 Å². The summed E-state index contributed by atoms with van der Waals surface area (Å²) in [5.74, 6) is 2.21. The number of amides is 1. The average Bonchev–Trinajstić information content (AvgIpc) is 3.34. The first-order valence-corrected chi connectivity index (χ1v) is 12.7. The zero-order chi connectivity index (χ0) is 24.2. The van der Waals surface area contributed by atoms with Crippen LogP contribution in [0.15, 0.2) is 35.4 Å². The lowest BCUT2D eigenvalue weighted by Gasteiger charge is -2.18. The van der Waals surface area contributed by atoms with Crippen molar-refractivity contribution in [3.8, 4) is 11.9 Å². The summed E-state index contributed by atoms with van der Waals surface area (Å²) in [6, 6.07) is 10.00. The van der Waals surface area contributed by atoms with E-state index in [1.54, 1.807) is 19.4 Å². The minimum Gasteiger partial charge on any atom is -0.481 e. The number of fused-ring (bicyclic) bond motifs is 2. The quantitative estimate of drug-likeness (QED) is 0.492. The maximum atomic E-state index is 11.6. The highest BCUT2D eigenvalue weighted by Crippen LogP contribution is 2.29. The molecule has 9 nitrogen and oxygen atoms in total. The second-order valence-corrected chi connectivity index (χ2v) is 9.82. The second kappa shape index (κ2) is 10.6. The molecule has 5 rings (SSSR count). The van der Waals surface area contributed by atoms with Crippen LogP contribution in [0.25, 0.3) is 11.0 Å². The number of pyridine rings is 3. The summed E-state index contributed by atoms with van der Waals surface area (Å²) >= 11 is 1.53. The van der Waals surface area contributed by atoms with E-state index >= 15 is 0 Å². The Hall–Kier alpha value is -3.26. The van der Waals surface area contributed by atoms with E-state index in [1.165, 1.54) is 11.8 Å². The predicted molar refractivity (Wildman–Crippen MR) is 134 cm³/mol. The van der Waals surface area contributed by atoms with Crippen LogP contribution in [0.3, 0.4) is 0 Å². The van der Waals surface area contributed by atoms with Crippen LogP contribution in [0.5, 0.6) is 5.88 Å². The molecular formula is C25H27N7O2S. The molecule has 2 aliphatic rings. The number of hydrogen-bond donors (Lipinski definition) is 2. The molecule has 1 atom stereocenters. The Balaban J connectivity index is 1.14. The second-order valence-electron chi connectivity index (χ2n) is 8.81. The number of hydrogen-bond acceptors (Lipinski definition) is 9. The van der Waals surface area contributed by atoms with Crippen molar-refractivity contribution in [3.63, 3.8) is 0 Å². The molecule has 10 heteroatoms. The highest BCUT2D eigenvalue weighted by molar-refractivity contribution is 8.00. The molecule has 0 aromatic carbocycles. The third-order valence-corrected chi connectivity index (χ3v) is 7.49. The van der Waals surface area contributed by atoms with Crippen LogP contribution < -0.4 is 15.4 Å². The van der Waals surface area contributed by atoms with E-state index in [4.69, 9.17) is 4.74 Å². The van der Waals surface area contributed by atoms with Crippen molar-refractivity contribution >= 4 is 34.5 Å². The Kier molecular flexibility index (Phi) is 7.08. The molecule has 3 aromatic rings. The van der Waals surface area contributed by atoms with Gasteiger partial charge in [-0.1, -0.05) is 0 Å². The van der Waals surface area contributed by atoms with Crippen LogP contribution in [0.1, 0.15) is 23.2 Å². The molecule has 2 N–H and O–H groups in total. The highest BCUT2D eigenvalue weighted by Gasteiger charge is 2.23. The van der Waals surface area contributed by atoms with Crippen LogP contribution in [-0.2, 0) is 17.8 Å². The highest BCUT2D eigenvalue weighted by atomic mass is 32.2. The fourth-order valence-corrected chi connectivity index (χ4v) is 5.38. The number of nitrogens with one attached hydrogen (secondary N) is 2. The maximum absolute atomic E-state index is 11.6. The van der Waals surface area contributed by atoms with Gasteiger partial charge in [-0.3, -0.25) is 9.78 Å². The molecule has 0 saturated carbocycles. The number of likely N-dealkylation sites (tertiary alicyclic amines) is 1. The third kappa shape index (κ3) is 5.37. The third-order valence-electron chi connectivity index (χ3n) is 6.44. The molecular weight excluding hydrogens is 462 g/mol. The topological polar surface area (TPSA) is 116 Å². The lowest BCUT2D eigenvalue weighted by molar-refractivity contribution is -0.113. The normalized spacial score (nSPS) is 17.7. The number of aromatic nitrogens is 3. The van der Waals surface area contributed by atoms with E-state index in [-0.39, 0.29) is 5.91 Å². The van der Waals surface area contributed by atoms with Crippen LogP contribution in [0, 0.1) is 17.2 Å². The summed E-state index contributed by atoms with van der Waals surface area (Å²) < 4.78 is 5.28. The average molecular weight is 490 g/mol. The first kappa shape index (κ1) is 23.5. The van der Waals surface area contributed by atoms with E-state index in [2.05, 4.69) is 36.6 Å². The first-order chi connectivity index (χ1) is 17.1. The summed E-state index contributed by atoms with van der Waals surface area (Å²) in [4.78, 5) is 28.6. The number of ether oxygens (including phenoxy) is 1. The predicted octanol–water partition coefficient (Wildman–Crippen LogP) is 2.60. The Morgan fingerprint density at radius 2 is 2.23 bits per heavy atom. The van der Waals surface area contributed by atoms with E-state index < -0.39 is 0 Å². The fourth-order valence-electron chi connectivity index (χ4n) is 4.62. The molecule has 0 spiro atoms. The zero-order valence-electron chi connectivity index (χ0n) is 19.6. The van der Waals surface area contributed by atoms with Crippen molar-refractivity contribution in [1.29, 1.82) is 5.26 Å². The van der Waals surface area contributed by atoms with Crippen LogP contribution in [0.4, 0.5) is 5.82 Å². The largest absolute Gasteiger partial charge is 0.481 e.